The molecule has 0 aromatic rings. The summed E-state index contributed by atoms with van der Waals surface area (Å²) in [4.78, 5) is 37.3. The van der Waals surface area contributed by atoms with E-state index < -0.39 is 17.8 Å². The molecule has 118 valence electrons. The Labute approximate surface area is 124 Å². The average molecular weight is 297 g/mol. The van der Waals surface area contributed by atoms with E-state index in [1.807, 2.05) is 0 Å². The Morgan fingerprint density at radius 3 is 2.33 bits per heavy atom. The summed E-state index contributed by atoms with van der Waals surface area (Å²) in [6.45, 7) is 0.962. The van der Waals surface area contributed by atoms with Crippen molar-refractivity contribution in [2.75, 3.05) is 20.2 Å². The molecule has 6 nitrogen and oxygen atoms in total. The van der Waals surface area contributed by atoms with Gasteiger partial charge >= 0.3 is 11.9 Å². The van der Waals surface area contributed by atoms with Crippen molar-refractivity contribution < 1.29 is 24.2 Å². The van der Waals surface area contributed by atoms with Crippen LogP contribution < -0.4 is 0 Å². The van der Waals surface area contributed by atoms with Gasteiger partial charge < -0.3 is 14.7 Å². The molecule has 1 N–H and O–H groups in total. The van der Waals surface area contributed by atoms with Crippen molar-refractivity contribution in [3.63, 3.8) is 0 Å². The maximum absolute atomic E-state index is 12.6. The zero-order valence-electron chi connectivity index (χ0n) is 12.4. The lowest BCUT2D eigenvalue weighted by Gasteiger charge is -2.36. The predicted octanol–water partition coefficient (Wildman–Crippen LogP) is 1.29. The van der Waals surface area contributed by atoms with Crippen molar-refractivity contribution in [1.82, 2.24) is 4.90 Å². The van der Waals surface area contributed by atoms with Crippen molar-refractivity contribution in [3.05, 3.63) is 0 Å². The second kappa shape index (κ2) is 6.91. The van der Waals surface area contributed by atoms with Crippen LogP contribution in [-0.4, -0.2) is 48.1 Å². The number of carboxylic acid groups (broad SMARTS) is 1. The zero-order chi connectivity index (χ0) is 15.4. The molecule has 1 unspecified atom stereocenters. The Bertz CT molecular complexity index is 422. The van der Waals surface area contributed by atoms with Crippen LogP contribution in [0.25, 0.3) is 0 Å². The number of carboxylic acids is 1. The molecule has 6 heteroatoms. The van der Waals surface area contributed by atoms with E-state index in [-0.39, 0.29) is 17.8 Å². The number of amides is 1. The molecular formula is C15H23NO5. The lowest BCUT2D eigenvalue weighted by atomic mass is 9.78. The van der Waals surface area contributed by atoms with E-state index in [1.165, 1.54) is 7.11 Å². The third-order valence-corrected chi connectivity index (χ3v) is 4.67. The van der Waals surface area contributed by atoms with Crippen molar-refractivity contribution >= 4 is 17.8 Å². The third kappa shape index (κ3) is 3.54. The molecule has 1 amide bonds. The first-order valence-corrected chi connectivity index (χ1v) is 7.64. The monoisotopic (exact) mass is 297 g/mol. The summed E-state index contributed by atoms with van der Waals surface area (Å²) in [5.74, 6) is -2.56. The molecule has 1 heterocycles. The van der Waals surface area contributed by atoms with Gasteiger partial charge in [-0.1, -0.05) is 12.8 Å². The number of carbonyl (C=O) groups is 3. The van der Waals surface area contributed by atoms with Gasteiger partial charge in [0.15, 0.2) is 0 Å². The lowest BCUT2D eigenvalue weighted by molar-refractivity contribution is -0.155. The fourth-order valence-electron chi connectivity index (χ4n) is 3.49. The third-order valence-electron chi connectivity index (χ3n) is 4.67. The molecule has 0 aromatic carbocycles. The van der Waals surface area contributed by atoms with Crippen LogP contribution in [0.4, 0.5) is 0 Å². The van der Waals surface area contributed by atoms with Gasteiger partial charge in [0.25, 0.3) is 0 Å². The van der Waals surface area contributed by atoms with E-state index in [1.54, 1.807) is 4.90 Å². The van der Waals surface area contributed by atoms with E-state index in [0.717, 1.165) is 25.7 Å². The second-order valence-electron chi connectivity index (χ2n) is 5.98. The highest BCUT2D eigenvalue weighted by atomic mass is 16.5. The quantitative estimate of drug-likeness (QED) is 0.794. The molecule has 1 saturated carbocycles. The van der Waals surface area contributed by atoms with Crippen LogP contribution >= 0.6 is 0 Å². The molecule has 1 aliphatic carbocycles. The van der Waals surface area contributed by atoms with Crippen molar-refractivity contribution in [3.8, 4) is 0 Å². The fourth-order valence-corrected chi connectivity index (χ4v) is 3.49. The molecular weight excluding hydrogens is 274 g/mol. The summed E-state index contributed by atoms with van der Waals surface area (Å²) in [7, 11) is 1.35. The first kappa shape index (κ1) is 15.8. The Morgan fingerprint density at radius 1 is 1.05 bits per heavy atom. The van der Waals surface area contributed by atoms with Gasteiger partial charge in [0.2, 0.25) is 5.91 Å². The van der Waals surface area contributed by atoms with Crippen LogP contribution in [-0.2, 0) is 19.1 Å². The highest BCUT2D eigenvalue weighted by Gasteiger charge is 2.39. The van der Waals surface area contributed by atoms with Gasteiger partial charge in [-0.25, -0.2) is 0 Å². The Hall–Kier alpha value is -1.59. The summed E-state index contributed by atoms with van der Waals surface area (Å²) in [6, 6.07) is 0. The molecule has 0 spiro atoms. The molecule has 0 aromatic heterocycles. The van der Waals surface area contributed by atoms with Gasteiger partial charge in [0.05, 0.1) is 24.9 Å². The van der Waals surface area contributed by atoms with E-state index >= 15 is 0 Å². The molecule has 0 radical (unpaired) electrons. The number of hydrogen-bond acceptors (Lipinski definition) is 4. The van der Waals surface area contributed by atoms with E-state index in [0.29, 0.717) is 25.9 Å². The molecule has 0 bridgehead atoms. The number of rotatable bonds is 3. The van der Waals surface area contributed by atoms with Gasteiger partial charge in [-0.15, -0.1) is 0 Å². The van der Waals surface area contributed by atoms with Gasteiger partial charge in [0, 0.05) is 13.1 Å². The number of ether oxygens (including phenoxy) is 1. The zero-order valence-corrected chi connectivity index (χ0v) is 12.4. The number of likely N-dealkylation sites (tertiary alicyclic amines) is 1. The van der Waals surface area contributed by atoms with Crippen molar-refractivity contribution in [2.45, 2.75) is 38.5 Å². The van der Waals surface area contributed by atoms with Gasteiger partial charge in [-0.3, -0.25) is 14.4 Å². The number of aliphatic carboxylic acids is 1. The Balaban J connectivity index is 2.04. The van der Waals surface area contributed by atoms with Crippen LogP contribution in [0, 0.1) is 17.8 Å². The second-order valence-corrected chi connectivity index (χ2v) is 5.98. The first-order valence-electron chi connectivity index (χ1n) is 7.64. The van der Waals surface area contributed by atoms with Crippen molar-refractivity contribution in [2.24, 2.45) is 17.8 Å². The molecule has 2 rings (SSSR count). The number of methoxy groups -OCH3 is 1. The lowest BCUT2D eigenvalue weighted by Crippen LogP contribution is -2.48. The van der Waals surface area contributed by atoms with E-state index in [2.05, 4.69) is 0 Å². The number of carbonyl (C=O) groups excluding carboxylic acids is 2. The molecule has 2 aliphatic rings. The predicted molar refractivity (Wildman–Crippen MR) is 74.4 cm³/mol. The van der Waals surface area contributed by atoms with Crippen LogP contribution in [0.3, 0.4) is 0 Å². The number of esters is 1. The van der Waals surface area contributed by atoms with Crippen LogP contribution in [0.1, 0.15) is 38.5 Å². The minimum Gasteiger partial charge on any atom is -0.481 e. The Morgan fingerprint density at radius 2 is 1.71 bits per heavy atom. The Kier molecular flexibility index (Phi) is 5.20. The number of hydrogen-bond donors (Lipinski definition) is 1. The maximum atomic E-state index is 12.6. The normalized spacial score (nSPS) is 29.8. The van der Waals surface area contributed by atoms with E-state index in [4.69, 9.17) is 4.74 Å². The molecule has 21 heavy (non-hydrogen) atoms. The van der Waals surface area contributed by atoms with Crippen molar-refractivity contribution in [1.29, 1.82) is 0 Å². The maximum Gasteiger partial charge on any atom is 0.310 e. The summed E-state index contributed by atoms with van der Waals surface area (Å²) in [6.07, 6.45) is 4.45. The topological polar surface area (TPSA) is 83.9 Å². The summed E-state index contributed by atoms with van der Waals surface area (Å²) in [5, 5.41) is 9.29. The standard InChI is InChI=1S/C15H23NO5/c1-21-15(20)10-5-4-8-16(9-10)13(17)11-6-2-3-7-12(11)14(18)19/h10-12H,2-9H2,1H3,(H,18,19)/t10?,11-,12+/m1/s1. The fraction of sp³-hybridized carbons (Fsp3) is 0.800. The summed E-state index contributed by atoms with van der Waals surface area (Å²) >= 11 is 0. The van der Waals surface area contributed by atoms with Gasteiger partial charge in [-0.05, 0) is 25.7 Å². The highest BCUT2D eigenvalue weighted by Crippen LogP contribution is 2.33. The average Bonchev–Trinajstić information content (AvgIpc) is 2.53. The summed E-state index contributed by atoms with van der Waals surface area (Å²) in [5.41, 5.74) is 0. The molecule has 1 aliphatic heterocycles. The minimum absolute atomic E-state index is 0.101. The van der Waals surface area contributed by atoms with Gasteiger partial charge in [-0.2, -0.15) is 0 Å². The van der Waals surface area contributed by atoms with Crippen LogP contribution in [0.5, 0.6) is 0 Å². The molecule has 2 fully saturated rings. The number of nitrogens with zero attached hydrogens (tertiary/aromatic N) is 1. The smallest absolute Gasteiger partial charge is 0.310 e. The minimum atomic E-state index is -0.880. The first-order chi connectivity index (χ1) is 10.0. The van der Waals surface area contributed by atoms with Gasteiger partial charge in [0.1, 0.15) is 0 Å². The number of piperidine rings is 1. The molecule has 1 saturated heterocycles. The highest BCUT2D eigenvalue weighted by molar-refractivity contribution is 5.85. The van der Waals surface area contributed by atoms with E-state index in [9.17, 15) is 19.5 Å². The SMILES string of the molecule is COC(=O)C1CCCN(C(=O)[C@@H]2CCCC[C@@H]2C(=O)O)C1. The van der Waals surface area contributed by atoms with Crippen LogP contribution in [0.15, 0.2) is 0 Å². The van der Waals surface area contributed by atoms with Crippen LogP contribution in [0.2, 0.25) is 0 Å². The summed E-state index contributed by atoms with van der Waals surface area (Å²) < 4.78 is 4.75. The largest absolute Gasteiger partial charge is 0.481 e. The molecule has 3 atom stereocenters.